The Balaban J connectivity index is 1.41. The third kappa shape index (κ3) is 4.00. The molecule has 0 spiro atoms. The molecule has 142 valence electrons. The van der Waals surface area contributed by atoms with Crippen LogP contribution in [0.25, 0.3) is 11.0 Å². The van der Waals surface area contributed by atoms with Crippen LogP contribution >= 0.6 is 0 Å². The van der Waals surface area contributed by atoms with E-state index in [0.29, 0.717) is 23.5 Å². The van der Waals surface area contributed by atoms with Gasteiger partial charge in [-0.05, 0) is 36.6 Å². The number of carbonyl (C=O) groups excluding carboxylic acids is 1. The summed E-state index contributed by atoms with van der Waals surface area (Å²) < 4.78 is 2.09. The molecule has 8 heteroatoms. The van der Waals surface area contributed by atoms with E-state index in [4.69, 9.17) is 0 Å². The molecule has 27 heavy (non-hydrogen) atoms. The number of rotatable bonds is 5. The van der Waals surface area contributed by atoms with Crippen LogP contribution < -0.4 is 5.32 Å². The van der Waals surface area contributed by atoms with Gasteiger partial charge in [0.05, 0.1) is 17.9 Å². The summed E-state index contributed by atoms with van der Waals surface area (Å²) in [5.74, 6) is 0.518. The molecular formula is C19H25N7O. The zero-order valence-corrected chi connectivity index (χ0v) is 15.8. The van der Waals surface area contributed by atoms with Gasteiger partial charge in [0.2, 0.25) is 0 Å². The molecule has 0 unspecified atom stereocenters. The Kier molecular flexibility index (Phi) is 4.89. The number of H-pyrrole nitrogens is 1. The molecule has 3 aromatic rings. The van der Waals surface area contributed by atoms with Crippen LogP contribution in [-0.2, 0) is 19.6 Å². The van der Waals surface area contributed by atoms with Crippen LogP contribution in [-0.4, -0.2) is 49.1 Å². The molecule has 1 aliphatic rings. The van der Waals surface area contributed by atoms with Crippen molar-refractivity contribution in [3.8, 4) is 0 Å². The summed E-state index contributed by atoms with van der Waals surface area (Å²) in [6.45, 7) is 8.97. The van der Waals surface area contributed by atoms with Crippen LogP contribution in [0.15, 0.2) is 24.3 Å². The molecule has 0 radical (unpaired) electrons. The fraction of sp³-hybridized carbons (Fsp3) is 0.474. The predicted molar refractivity (Wildman–Crippen MR) is 102 cm³/mol. The first-order valence-electron chi connectivity index (χ1n) is 9.45. The lowest BCUT2D eigenvalue weighted by molar-refractivity contribution is 0.0950. The topological polar surface area (TPSA) is 91.7 Å². The molecule has 1 aliphatic heterocycles. The minimum atomic E-state index is -0.135. The number of aromatic amines is 1. The van der Waals surface area contributed by atoms with Crippen molar-refractivity contribution in [3.05, 3.63) is 41.2 Å². The Hall–Kier alpha value is -2.74. The van der Waals surface area contributed by atoms with Crippen LogP contribution in [0.1, 0.15) is 42.0 Å². The Morgan fingerprint density at radius 3 is 2.93 bits per heavy atom. The monoisotopic (exact) mass is 367 g/mol. The Morgan fingerprint density at radius 2 is 2.07 bits per heavy atom. The molecule has 0 bridgehead atoms. The van der Waals surface area contributed by atoms with Gasteiger partial charge in [0.1, 0.15) is 11.0 Å². The maximum atomic E-state index is 12.4. The molecule has 1 aromatic carbocycles. The van der Waals surface area contributed by atoms with E-state index in [1.54, 1.807) is 18.2 Å². The first kappa shape index (κ1) is 17.7. The van der Waals surface area contributed by atoms with Gasteiger partial charge in [-0.25, -0.2) is 0 Å². The first-order chi connectivity index (χ1) is 13.1. The van der Waals surface area contributed by atoms with Crippen LogP contribution in [0, 0.1) is 5.92 Å². The molecule has 0 aliphatic carbocycles. The largest absolute Gasteiger partial charge is 0.346 e. The van der Waals surface area contributed by atoms with Crippen molar-refractivity contribution >= 4 is 16.9 Å². The van der Waals surface area contributed by atoms with Crippen molar-refractivity contribution in [2.75, 3.05) is 13.1 Å². The number of nitrogens with zero attached hydrogens (tertiary/aromatic N) is 5. The minimum absolute atomic E-state index is 0.135. The fourth-order valence-corrected chi connectivity index (χ4v) is 3.60. The van der Waals surface area contributed by atoms with E-state index in [9.17, 15) is 4.79 Å². The third-order valence-corrected chi connectivity index (χ3v) is 4.78. The summed E-state index contributed by atoms with van der Waals surface area (Å²) in [6.07, 6.45) is 1.10. The normalized spacial score (nSPS) is 15.1. The molecule has 4 rings (SSSR count). The molecule has 0 atom stereocenters. The number of hydrogen-bond acceptors (Lipinski definition) is 5. The molecule has 0 fully saturated rings. The second kappa shape index (κ2) is 7.48. The molecule has 1 amide bonds. The number of hydrogen-bond donors (Lipinski definition) is 2. The van der Waals surface area contributed by atoms with Gasteiger partial charge in [0.15, 0.2) is 0 Å². The van der Waals surface area contributed by atoms with Crippen LogP contribution in [0.5, 0.6) is 0 Å². The summed E-state index contributed by atoms with van der Waals surface area (Å²) in [4.78, 5) is 14.9. The lowest BCUT2D eigenvalue weighted by Crippen LogP contribution is -2.27. The minimum Gasteiger partial charge on any atom is -0.346 e. The zero-order valence-electron chi connectivity index (χ0n) is 15.8. The highest BCUT2D eigenvalue weighted by atomic mass is 16.1. The number of carbonyl (C=O) groups is 1. The van der Waals surface area contributed by atoms with Crippen molar-refractivity contribution in [2.45, 2.75) is 39.9 Å². The van der Waals surface area contributed by atoms with Crippen molar-refractivity contribution < 1.29 is 4.79 Å². The van der Waals surface area contributed by atoms with E-state index in [2.05, 4.69) is 55.3 Å². The van der Waals surface area contributed by atoms with Crippen molar-refractivity contribution in [1.82, 2.24) is 35.4 Å². The standard InChI is InChI=1S/C19H25N7O/c1-13(2)11-25-6-3-7-26-16(12-25)9-15(23-26)10-20-19(27)14-4-5-17-18(8-14)22-24-21-17/h4-5,8-9,13H,3,6-7,10-12H2,1-2H3,(H,20,27)(H,21,22,24). The van der Waals surface area contributed by atoms with E-state index in [0.717, 1.165) is 43.8 Å². The fourth-order valence-electron chi connectivity index (χ4n) is 3.60. The predicted octanol–water partition coefficient (Wildman–Crippen LogP) is 1.95. The maximum absolute atomic E-state index is 12.4. The summed E-state index contributed by atoms with van der Waals surface area (Å²) in [5, 5.41) is 18.2. The van der Waals surface area contributed by atoms with E-state index in [1.165, 1.54) is 5.69 Å². The van der Waals surface area contributed by atoms with Gasteiger partial charge >= 0.3 is 0 Å². The van der Waals surface area contributed by atoms with Gasteiger partial charge in [-0.15, -0.1) is 0 Å². The van der Waals surface area contributed by atoms with Gasteiger partial charge in [0, 0.05) is 31.7 Å². The van der Waals surface area contributed by atoms with Crippen molar-refractivity contribution in [1.29, 1.82) is 0 Å². The Morgan fingerprint density at radius 1 is 1.22 bits per heavy atom. The summed E-state index contributed by atoms with van der Waals surface area (Å²) in [7, 11) is 0. The summed E-state index contributed by atoms with van der Waals surface area (Å²) in [6, 6.07) is 7.39. The number of aryl methyl sites for hydroxylation is 1. The van der Waals surface area contributed by atoms with Gasteiger partial charge in [-0.2, -0.15) is 20.5 Å². The van der Waals surface area contributed by atoms with Crippen LogP contribution in [0.3, 0.4) is 0 Å². The number of fused-ring (bicyclic) bond motifs is 2. The maximum Gasteiger partial charge on any atom is 0.251 e. The van der Waals surface area contributed by atoms with E-state index in [1.807, 2.05) is 0 Å². The Bertz CT molecular complexity index is 943. The van der Waals surface area contributed by atoms with E-state index >= 15 is 0 Å². The summed E-state index contributed by atoms with van der Waals surface area (Å²) in [5.41, 5.74) is 4.12. The van der Waals surface area contributed by atoms with Gasteiger partial charge in [-0.3, -0.25) is 14.4 Å². The smallest absolute Gasteiger partial charge is 0.251 e. The molecule has 2 aromatic heterocycles. The van der Waals surface area contributed by atoms with Crippen LogP contribution in [0.2, 0.25) is 0 Å². The molecule has 8 nitrogen and oxygen atoms in total. The lowest BCUT2D eigenvalue weighted by atomic mass is 10.2. The second-order valence-corrected chi connectivity index (χ2v) is 7.54. The quantitative estimate of drug-likeness (QED) is 0.719. The van der Waals surface area contributed by atoms with Crippen molar-refractivity contribution in [2.24, 2.45) is 5.92 Å². The van der Waals surface area contributed by atoms with Gasteiger partial charge < -0.3 is 5.32 Å². The molecule has 0 saturated carbocycles. The van der Waals surface area contributed by atoms with Gasteiger partial charge in [0.25, 0.3) is 5.91 Å². The highest BCUT2D eigenvalue weighted by molar-refractivity contribution is 5.97. The summed E-state index contributed by atoms with van der Waals surface area (Å²) >= 11 is 0. The highest BCUT2D eigenvalue weighted by Crippen LogP contribution is 2.15. The second-order valence-electron chi connectivity index (χ2n) is 7.54. The first-order valence-corrected chi connectivity index (χ1v) is 9.45. The Labute approximate surface area is 157 Å². The van der Waals surface area contributed by atoms with E-state index in [-0.39, 0.29) is 5.91 Å². The molecule has 3 heterocycles. The van der Waals surface area contributed by atoms with E-state index < -0.39 is 0 Å². The number of nitrogens with one attached hydrogen (secondary N) is 2. The molecule has 0 saturated heterocycles. The number of amides is 1. The highest BCUT2D eigenvalue weighted by Gasteiger charge is 2.17. The average molecular weight is 367 g/mol. The molecular weight excluding hydrogens is 342 g/mol. The van der Waals surface area contributed by atoms with Crippen LogP contribution in [0.4, 0.5) is 0 Å². The molecule has 2 N–H and O–H groups in total. The number of aromatic nitrogens is 5. The zero-order chi connectivity index (χ0) is 18.8. The SMILES string of the molecule is CC(C)CN1CCCn2nc(CNC(=O)c3ccc4n[nH]nc4c3)cc2C1. The van der Waals surface area contributed by atoms with Gasteiger partial charge in [-0.1, -0.05) is 13.8 Å². The number of benzene rings is 1. The third-order valence-electron chi connectivity index (χ3n) is 4.78. The average Bonchev–Trinajstić information content (AvgIpc) is 3.21. The van der Waals surface area contributed by atoms with Crippen molar-refractivity contribution in [3.63, 3.8) is 0 Å². The lowest BCUT2D eigenvalue weighted by Gasteiger charge is -2.21.